The first kappa shape index (κ1) is 24.5. The molecule has 2 amide bonds. The number of benzene rings is 1. The number of hydroxylamine groups is 1. The van der Waals surface area contributed by atoms with Gasteiger partial charge in [0, 0.05) is 55.0 Å². The quantitative estimate of drug-likeness (QED) is 0.431. The maximum atomic E-state index is 12.7. The van der Waals surface area contributed by atoms with E-state index in [9.17, 15) is 9.59 Å². The number of aromatic nitrogens is 1. The monoisotopic (exact) mass is 504 g/mol. The summed E-state index contributed by atoms with van der Waals surface area (Å²) in [7, 11) is 0. The van der Waals surface area contributed by atoms with Gasteiger partial charge in [-0.2, -0.15) is 0 Å². The molecule has 2 atom stereocenters. The first-order valence-corrected chi connectivity index (χ1v) is 12.0. The number of carbonyl (C=O) groups excluding carboxylic acids is 2. The summed E-state index contributed by atoms with van der Waals surface area (Å²) in [5, 5.41) is 4.33. The second kappa shape index (κ2) is 11.7. The summed E-state index contributed by atoms with van der Waals surface area (Å²) in [5.41, 5.74) is 3.65. The molecular formula is C24H26Cl2N4O4. The zero-order valence-electron chi connectivity index (χ0n) is 18.5. The highest BCUT2D eigenvalue weighted by Crippen LogP contribution is 2.24. The second-order valence-electron chi connectivity index (χ2n) is 8.20. The molecule has 1 unspecified atom stereocenters. The van der Waals surface area contributed by atoms with E-state index in [0.717, 1.165) is 25.7 Å². The summed E-state index contributed by atoms with van der Waals surface area (Å²) in [5.74, 6) is 0.105. The smallest absolute Gasteiger partial charge is 0.267 e. The molecule has 1 aromatic heterocycles. The summed E-state index contributed by atoms with van der Waals surface area (Å²) in [6, 6.07) is 8.63. The largest absolute Gasteiger partial charge is 0.364 e. The lowest BCUT2D eigenvalue weighted by atomic mass is 10.2. The molecule has 2 N–H and O–H groups in total. The lowest BCUT2D eigenvalue weighted by Crippen LogP contribution is -2.32. The van der Waals surface area contributed by atoms with Gasteiger partial charge in [0.2, 0.25) is 0 Å². The van der Waals surface area contributed by atoms with E-state index in [-0.39, 0.29) is 11.9 Å². The summed E-state index contributed by atoms with van der Waals surface area (Å²) in [6.07, 6.45) is 7.72. The third-order valence-electron chi connectivity index (χ3n) is 5.63. The maximum absolute atomic E-state index is 12.7. The van der Waals surface area contributed by atoms with Crippen LogP contribution in [0.25, 0.3) is 6.08 Å². The molecule has 10 heteroatoms. The van der Waals surface area contributed by atoms with E-state index in [1.54, 1.807) is 47.5 Å². The first-order valence-electron chi connectivity index (χ1n) is 11.2. The molecule has 8 nitrogen and oxygen atoms in total. The molecule has 4 rings (SSSR count). The van der Waals surface area contributed by atoms with Gasteiger partial charge in [0.1, 0.15) is 5.82 Å². The van der Waals surface area contributed by atoms with Crippen molar-refractivity contribution in [2.75, 3.05) is 25.0 Å². The predicted octanol–water partition coefficient (Wildman–Crippen LogP) is 4.30. The Kier molecular flexibility index (Phi) is 8.39. The van der Waals surface area contributed by atoms with Gasteiger partial charge in [0.25, 0.3) is 11.8 Å². The average molecular weight is 505 g/mol. The minimum absolute atomic E-state index is 0.0298. The molecule has 180 valence electrons. The van der Waals surface area contributed by atoms with E-state index in [1.807, 2.05) is 0 Å². The SMILES string of the molecule is O=C(C=Cc1cnc(N[C@@H]2CCN(C(=O)c3ccc(Cl)cc3)C2)c(Cl)c1)NOC1CCCCO1. The molecule has 2 aromatic rings. The van der Waals surface area contributed by atoms with Crippen LogP contribution in [0.15, 0.2) is 42.6 Å². The van der Waals surface area contributed by atoms with Crippen LogP contribution in [0.5, 0.6) is 0 Å². The standard InChI is InChI=1S/C24H26Cl2N4O4/c25-18-7-5-17(6-8-18)24(32)30-11-10-19(15-30)28-23-20(26)13-16(14-27-23)4-9-21(31)29-34-22-3-1-2-12-33-22/h4-9,13-14,19,22H,1-3,10-12,15H2,(H,27,28)(H,29,31)/t19-,22?/m1/s1. The number of halogens is 2. The third-order valence-corrected chi connectivity index (χ3v) is 6.17. The predicted molar refractivity (Wildman–Crippen MR) is 130 cm³/mol. The van der Waals surface area contributed by atoms with Crippen molar-refractivity contribution >= 4 is 46.9 Å². The van der Waals surface area contributed by atoms with Gasteiger partial charge in [-0.15, -0.1) is 0 Å². The molecule has 2 saturated heterocycles. The molecule has 3 heterocycles. The highest BCUT2D eigenvalue weighted by atomic mass is 35.5. The van der Waals surface area contributed by atoms with E-state index in [2.05, 4.69) is 15.8 Å². The Morgan fingerprint density at radius 2 is 2.00 bits per heavy atom. The van der Waals surface area contributed by atoms with Crippen LogP contribution in [0.3, 0.4) is 0 Å². The summed E-state index contributed by atoms with van der Waals surface area (Å²) in [6.45, 7) is 1.82. The van der Waals surface area contributed by atoms with Crippen LogP contribution in [-0.4, -0.2) is 53.7 Å². The van der Waals surface area contributed by atoms with Crippen LogP contribution in [0.2, 0.25) is 10.0 Å². The topological polar surface area (TPSA) is 92.8 Å². The van der Waals surface area contributed by atoms with Gasteiger partial charge >= 0.3 is 0 Å². The van der Waals surface area contributed by atoms with Crippen LogP contribution in [0.1, 0.15) is 41.6 Å². The minimum atomic E-state index is -0.402. The highest BCUT2D eigenvalue weighted by molar-refractivity contribution is 6.33. The van der Waals surface area contributed by atoms with Crippen LogP contribution in [0.4, 0.5) is 5.82 Å². The number of hydrogen-bond donors (Lipinski definition) is 2. The van der Waals surface area contributed by atoms with E-state index in [0.29, 0.717) is 46.7 Å². The van der Waals surface area contributed by atoms with Crippen LogP contribution < -0.4 is 10.8 Å². The highest BCUT2D eigenvalue weighted by Gasteiger charge is 2.27. The molecule has 34 heavy (non-hydrogen) atoms. The number of pyridine rings is 1. The van der Waals surface area contributed by atoms with Crippen molar-refractivity contribution in [3.8, 4) is 0 Å². The molecule has 2 aliphatic rings. The molecule has 0 bridgehead atoms. The normalized spacial score (nSPS) is 20.5. The molecule has 0 saturated carbocycles. The van der Waals surface area contributed by atoms with E-state index < -0.39 is 12.2 Å². The zero-order chi connectivity index (χ0) is 23.9. The molecule has 2 aliphatic heterocycles. The number of carbonyl (C=O) groups is 2. The Hall–Kier alpha value is -2.65. The van der Waals surface area contributed by atoms with Gasteiger partial charge in [0.15, 0.2) is 6.29 Å². The van der Waals surface area contributed by atoms with Gasteiger partial charge in [-0.25, -0.2) is 15.3 Å². The fraction of sp³-hybridized carbons (Fsp3) is 0.375. The Morgan fingerprint density at radius 3 is 2.74 bits per heavy atom. The van der Waals surface area contributed by atoms with E-state index >= 15 is 0 Å². The van der Waals surface area contributed by atoms with Crippen LogP contribution in [-0.2, 0) is 14.4 Å². The van der Waals surface area contributed by atoms with Gasteiger partial charge in [-0.3, -0.25) is 9.59 Å². The van der Waals surface area contributed by atoms with Crippen molar-refractivity contribution in [2.45, 2.75) is 38.0 Å². The van der Waals surface area contributed by atoms with Crippen LogP contribution in [0, 0.1) is 0 Å². The number of nitrogens with zero attached hydrogens (tertiary/aromatic N) is 2. The second-order valence-corrected chi connectivity index (χ2v) is 9.04. The van der Waals surface area contributed by atoms with Gasteiger partial charge < -0.3 is 15.0 Å². The van der Waals surface area contributed by atoms with Crippen LogP contribution >= 0.6 is 23.2 Å². The molecular weight excluding hydrogens is 479 g/mol. The number of likely N-dealkylation sites (tertiary alicyclic amines) is 1. The van der Waals surface area contributed by atoms with Crippen molar-refractivity contribution in [1.29, 1.82) is 0 Å². The van der Waals surface area contributed by atoms with Crippen molar-refractivity contribution in [3.05, 3.63) is 63.8 Å². The van der Waals surface area contributed by atoms with Gasteiger partial charge in [0.05, 0.1) is 5.02 Å². The lowest BCUT2D eigenvalue weighted by molar-refractivity contribution is -0.198. The number of rotatable bonds is 7. The zero-order valence-corrected chi connectivity index (χ0v) is 20.0. The van der Waals surface area contributed by atoms with Crippen molar-refractivity contribution in [1.82, 2.24) is 15.4 Å². The number of hydrogen-bond acceptors (Lipinski definition) is 6. The maximum Gasteiger partial charge on any atom is 0.267 e. The lowest BCUT2D eigenvalue weighted by Gasteiger charge is -2.21. The van der Waals surface area contributed by atoms with Crippen molar-refractivity contribution in [3.63, 3.8) is 0 Å². The van der Waals surface area contributed by atoms with Gasteiger partial charge in [-0.05, 0) is 61.2 Å². The Labute approximate surface area is 208 Å². The Bertz CT molecular complexity index is 1040. The average Bonchev–Trinajstić information content (AvgIpc) is 3.32. The summed E-state index contributed by atoms with van der Waals surface area (Å²) < 4.78 is 5.40. The minimum Gasteiger partial charge on any atom is -0.364 e. The Balaban J connectivity index is 1.26. The summed E-state index contributed by atoms with van der Waals surface area (Å²) in [4.78, 5) is 36.1. The molecule has 2 fully saturated rings. The fourth-order valence-electron chi connectivity index (χ4n) is 3.81. The Morgan fingerprint density at radius 1 is 1.18 bits per heavy atom. The fourth-order valence-corrected chi connectivity index (χ4v) is 4.17. The summed E-state index contributed by atoms with van der Waals surface area (Å²) >= 11 is 12.3. The van der Waals surface area contributed by atoms with Gasteiger partial charge in [-0.1, -0.05) is 23.2 Å². The molecule has 0 spiro atoms. The molecule has 0 radical (unpaired) electrons. The number of amides is 2. The first-order chi connectivity index (χ1) is 16.5. The number of nitrogens with one attached hydrogen (secondary N) is 2. The van der Waals surface area contributed by atoms with Crippen molar-refractivity contribution < 1.29 is 19.2 Å². The van der Waals surface area contributed by atoms with Crippen molar-refractivity contribution in [2.24, 2.45) is 0 Å². The number of anilines is 1. The van der Waals surface area contributed by atoms with E-state index in [4.69, 9.17) is 32.8 Å². The molecule has 1 aromatic carbocycles. The molecule has 0 aliphatic carbocycles. The third kappa shape index (κ3) is 6.70. The number of ether oxygens (including phenoxy) is 1. The van der Waals surface area contributed by atoms with E-state index in [1.165, 1.54) is 6.08 Å².